The monoisotopic (exact) mass is 283 g/mol. The van der Waals surface area contributed by atoms with Gasteiger partial charge in [0.05, 0.1) is 9.48 Å². The van der Waals surface area contributed by atoms with E-state index in [0.717, 1.165) is 22.3 Å². The highest BCUT2D eigenvalue weighted by atomic mass is 79.9. The fraction of sp³-hybridized carbons (Fsp3) is 0.200. The van der Waals surface area contributed by atoms with E-state index in [4.69, 9.17) is 5.73 Å². The first-order valence-corrected chi connectivity index (χ1v) is 6.16. The normalized spacial score (nSPS) is 10.5. The molecule has 0 unspecified atom stereocenters. The van der Waals surface area contributed by atoms with Crippen molar-refractivity contribution >= 4 is 32.4 Å². The van der Waals surface area contributed by atoms with Gasteiger partial charge in [0.1, 0.15) is 0 Å². The Balaban J connectivity index is 2.02. The van der Waals surface area contributed by atoms with E-state index in [-0.39, 0.29) is 0 Å². The Bertz CT molecular complexity index is 441. The van der Waals surface area contributed by atoms with Crippen LogP contribution in [0.3, 0.4) is 0 Å². The minimum atomic E-state index is 0.617. The number of aromatic nitrogens is 2. The second-order valence-corrected chi connectivity index (χ2v) is 5.48. The first-order valence-electron chi connectivity index (χ1n) is 4.55. The Kier molecular flexibility index (Phi) is 3.33. The molecule has 0 saturated heterocycles. The van der Waals surface area contributed by atoms with Crippen LogP contribution in [0.1, 0.15) is 11.3 Å². The van der Waals surface area contributed by atoms with Gasteiger partial charge in [0.2, 0.25) is 0 Å². The van der Waals surface area contributed by atoms with Crippen molar-refractivity contribution in [2.45, 2.75) is 12.8 Å². The zero-order valence-electron chi connectivity index (χ0n) is 7.98. The lowest BCUT2D eigenvalue weighted by Crippen LogP contribution is -1.93. The number of thiazole rings is 1. The van der Waals surface area contributed by atoms with Crippen LogP contribution in [0.2, 0.25) is 0 Å². The van der Waals surface area contributed by atoms with Crippen molar-refractivity contribution < 1.29 is 0 Å². The lowest BCUT2D eigenvalue weighted by atomic mass is 10.1. The van der Waals surface area contributed by atoms with E-state index in [0.29, 0.717) is 5.13 Å². The first-order chi connectivity index (χ1) is 7.25. The van der Waals surface area contributed by atoms with Gasteiger partial charge in [-0.15, -0.1) is 0 Å². The standard InChI is InChI=1S/C10H10BrN3S/c11-9-8(14-10(12)15-9)2-1-7-3-5-13-6-4-7/h3-6H,1-2H2,(H2,12,14). The van der Waals surface area contributed by atoms with Crippen LogP contribution in [0.25, 0.3) is 0 Å². The van der Waals surface area contributed by atoms with E-state index in [1.165, 1.54) is 16.9 Å². The quantitative estimate of drug-likeness (QED) is 0.942. The minimum Gasteiger partial charge on any atom is -0.375 e. The minimum absolute atomic E-state index is 0.617. The van der Waals surface area contributed by atoms with E-state index < -0.39 is 0 Å². The molecule has 2 aromatic rings. The van der Waals surface area contributed by atoms with Gasteiger partial charge in [-0.1, -0.05) is 11.3 Å². The number of hydrogen-bond acceptors (Lipinski definition) is 4. The largest absolute Gasteiger partial charge is 0.375 e. The maximum absolute atomic E-state index is 5.62. The molecule has 15 heavy (non-hydrogen) atoms. The number of hydrogen-bond donors (Lipinski definition) is 1. The van der Waals surface area contributed by atoms with Crippen molar-refractivity contribution in [3.8, 4) is 0 Å². The third kappa shape index (κ3) is 2.76. The number of anilines is 1. The summed E-state index contributed by atoms with van der Waals surface area (Å²) in [5.74, 6) is 0. The lowest BCUT2D eigenvalue weighted by molar-refractivity contribution is 0.919. The number of pyridine rings is 1. The zero-order valence-corrected chi connectivity index (χ0v) is 10.4. The molecule has 0 saturated carbocycles. The van der Waals surface area contributed by atoms with Gasteiger partial charge in [-0.3, -0.25) is 4.98 Å². The maximum Gasteiger partial charge on any atom is 0.181 e. The SMILES string of the molecule is Nc1nc(CCc2ccncc2)c(Br)s1. The lowest BCUT2D eigenvalue weighted by Gasteiger charge is -1.98. The fourth-order valence-electron chi connectivity index (χ4n) is 1.32. The van der Waals surface area contributed by atoms with Crippen molar-refractivity contribution in [3.05, 3.63) is 39.6 Å². The second-order valence-electron chi connectivity index (χ2n) is 3.13. The summed E-state index contributed by atoms with van der Waals surface area (Å²) in [6.45, 7) is 0. The molecule has 0 spiro atoms. The molecule has 3 nitrogen and oxygen atoms in total. The molecule has 0 atom stereocenters. The van der Waals surface area contributed by atoms with Gasteiger partial charge in [-0.2, -0.15) is 0 Å². The highest BCUT2D eigenvalue weighted by molar-refractivity contribution is 9.11. The van der Waals surface area contributed by atoms with Crippen molar-refractivity contribution in [2.24, 2.45) is 0 Å². The summed E-state index contributed by atoms with van der Waals surface area (Å²) in [5, 5.41) is 0.617. The first kappa shape index (κ1) is 10.6. The Morgan fingerprint density at radius 2 is 2.00 bits per heavy atom. The molecular formula is C10H10BrN3S. The number of aryl methyl sites for hydroxylation is 2. The predicted molar refractivity (Wildman–Crippen MR) is 65.9 cm³/mol. The molecule has 78 valence electrons. The topological polar surface area (TPSA) is 51.8 Å². The van der Waals surface area contributed by atoms with E-state index in [1.807, 2.05) is 12.1 Å². The Morgan fingerprint density at radius 3 is 2.60 bits per heavy atom. The summed E-state index contributed by atoms with van der Waals surface area (Å²) in [6.07, 6.45) is 5.47. The van der Waals surface area contributed by atoms with Crippen LogP contribution in [0.15, 0.2) is 28.3 Å². The third-order valence-corrected chi connectivity index (χ3v) is 3.72. The van der Waals surface area contributed by atoms with Crippen molar-refractivity contribution in [1.29, 1.82) is 0 Å². The van der Waals surface area contributed by atoms with E-state index in [9.17, 15) is 0 Å². The Hall–Kier alpha value is -0.940. The highest BCUT2D eigenvalue weighted by Crippen LogP contribution is 2.27. The van der Waals surface area contributed by atoms with Crippen LogP contribution in [0.4, 0.5) is 5.13 Å². The van der Waals surface area contributed by atoms with Crippen molar-refractivity contribution in [3.63, 3.8) is 0 Å². The van der Waals surface area contributed by atoms with Crippen LogP contribution in [-0.2, 0) is 12.8 Å². The molecule has 0 radical (unpaired) electrons. The third-order valence-electron chi connectivity index (χ3n) is 2.07. The molecule has 0 amide bonds. The maximum atomic E-state index is 5.62. The number of nitrogens with two attached hydrogens (primary N) is 1. The van der Waals surface area contributed by atoms with Crippen LogP contribution in [0.5, 0.6) is 0 Å². The molecule has 0 fully saturated rings. The van der Waals surface area contributed by atoms with Gasteiger partial charge in [-0.05, 0) is 46.5 Å². The molecule has 0 aromatic carbocycles. The van der Waals surface area contributed by atoms with Crippen LogP contribution >= 0.6 is 27.3 Å². The summed E-state index contributed by atoms with van der Waals surface area (Å²) in [7, 11) is 0. The van der Waals surface area contributed by atoms with Crippen LogP contribution in [-0.4, -0.2) is 9.97 Å². The molecule has 0 aliphatic rings. The van der Waals surface area contributed by atoms with Gasteiger partial charge in [0.15, 0.2) is 5.13 Å². The molecule has 0 bridgehead atoms. The molecular weight excluding hydrogens is 274 g/mol. The predicted octanol–water partition coefficient (Wildman–Crippen LogP) is 2.67. The molecule has 5 heteroatoms. The molecule has 2 heterocycles. The van der Waals surface area contributed by atoms with Gasteiger partial charge in [-0.25, -0.2) is 4.98 Å². The molecule has 0 aliphatic heterocycles. The fourth-order valence-corrected chi connectivity index (χ4v) is 2.71. The van der Waals surface area contributed by atoms with Gasteiger partial charge in [0, 0.05) is 12.4 Å². The van der Waals surface area contributed by atoms with Gasteiger partial charge >= 0.3 is 0 Å². The summed E-state index contributed by atoms with van der Waals surface area (Å²) in [6, 6.07) is 4.03. The molecule has 2 aromatic heterocycles. The molecule has 2 rings (SSSR count). The van der Waals surface area contributed by atoms with Crippen molar-refractivity contribution in [1.82, 2.24) is 9.97 Å². The number of rotatable bonds is 3. The Labute approximate surface area is 101 Å². The summed E-state index contributed by atoms with van der Waals surface area (Å²) in [4.78, 5) is 8.24. The molecule has 0 aliphatic carbocycles. The van der Waals surface area contributed by atoms with E-state index in [1.54, 1.807) is 12.4 Å². The average molecular weight is 284 g/mol. The molecule has 2 N–H and O–H groups in total. The summed E-state index contributed by atoms with van der Waals surface area (Å²) in [5.41, 5.74) is 7.92. The van der Waals surface area contributed by atoms with Crippen LogP contribution < -0.4 is 5.73 Å². The number of nitrogen functional groups attached to an aromatic ring is 1. The second kappa shape index (κ2) is 4.72. The average Bonchev–Trinajstić information content (AvgIpc) is 2.56. The smallest absolute Gasteiger partial charge is 0.181 e. The summed E-state index contributed by atoms with van der Waals surface area (Å²) < 4.78 is 1.04. The number of halogens is 1. The van der Waals surface area contributed by atoms with E-state index >= 15 is 0 Å². The van der Waals surface area contributed by atoms with Gasteiger partial charge in [0.25, 0.3) is 0 Å². The highest BCUT2D eigenvalue weighted by Gasteiger charge is 2.06. The van der Waals surface area contributed by atoms with Crippen molar-refractivity contribution in [2.75, 3.05) is 5.73 Å². The number of nitrogens with zero attached hydrogens (tertiary/aromatic N) is 2. The van der Waals surface area contributed by atoms with Crippen LogP contribution in [0, 0.1) is 0 Å². The van der Waals surface area contributed by atoms with E-state index in [2.05, 4.69) is 25.9 Å². The van der Waals surface area contributed by atoms with Gasteiger partial charge < -0.3 is 5.73 Å². The zero-order chi connectivity index (χ0) is 10.7. The summed E-state index contributed by atoms with van der Waals surface area (Å²) >= 11 is 4.93. The Morgan fingerprint density at radius 1 is 1.27 bits per heavy atom.